The van der Waals surface area contributed by atoms with E-state index < -0.39 is 20.3 Å². The van der Waals surface area contributed by atoms with E-state index in [9.17, 15) is 0 Å². The summed E-state index contributed by atoms with van der Waals surface area (Å²) in [5.41, 5.74) is 0. The molecule has 18 heteroatoms. The number of hydrogen-bond acceptors (Lipinski definition) is 12. The van der Waals surface area contributed by atoms with Crippen molar-refractivity contribution in [1.29, 1.82) is 0 Å². The summed E-state index contributed by atoms with van der Waals surface area (Å²) in [5.74, 6) is 0. The van der Waals surface area contributed by atoms with Crippen molar-refractivity contribution in [2.45, 2.75) is 0 Å². The van der Waals surface area contributed by atoms with E-state index >= 15 is 0 Å². The third-order valence-corrected chi connectivity index (χ3v) is 0. The zero-order chi connectivity index (χ0) is 14.3. The molecule has 16 nitrogen and oxygen atoms in total. The van der Waals surface area contributed by atoms with Crippen LogP contribution in [0.5, 0.6) is 0 Å². The van der Waals surface area contributed by atoms with Crippen LogP contribution in [0.1, 0.15) is 0 Å². The van der Waals surface area contributed by atoms with Gasteiger partial charge in [-0.3, -0.25) is 0 Å². The molecule has 96 valence electrons. The molecule has 0 N–H and O–H groups in total. The Kier molecular flexibility index (Phi) is 59.4. The van der Waals surface area contributed by atoms with Crippen molar-refractivity contribution in [1.82, 2.24) is 0 Å². The van der Waals surface area contributed by atoms with Crippen molar-refractivity contribution >= 4 is 0 Å². The maximum absolute atomic E-state index is 8.25. The summed E-state index contributed by atoms with van der Waals surface area (Å²) in [6, 6.07) is 0. The summed E-state index contributed by atoms with van der Waals surface area (Å²) in [6.07, 6.45) is 0. The van der Waals surface area contributed by atoms with Crippen molar-refractivity contribution in [3.63, 3.8) is 0 Å². The second-order valence-electron chi connectivity index (χ2n) is 0.894. The predicted molar refractivity (Wildman–Crippen MR) is 41.4 cm³/mol. The molecule has 0 aliphatic heterocycles. The van der Waals surface area contributed by atoms with E-state index in [2.05, 4.69) is 0 Å². The fourth-order valence-electron chi connectivity index (χ4n) is 0. The molecule has 0 radical (unpaired) electrons. The van der Waals surface area contributed by atoms with Gasteiger partial charge in [-0.25, -0.2) is 0 Å². The van der Waals surface area contributed by atoms with Gasteiger partial charge in [-0.1, -0.05) is 0 Å². The maximum Gasteiger partial charge on any atom is 3.00 e. The minimum absolute atomic E-state index is 0. The second kappa shape index (κ2) is 29.7. The van der Waals surface area contributed by atoms with Crippen molar-refractivity contribution in [2.24, 2.45) is 0 Å². The van der Waals surface area contributed by atoms with Gasteiger partial charge < -0.3 is 61.3 Å². The Bertz CT molecular complexity index is 164. The van der Waals surface area contributed by atoms with E-state index in [1.807, 2.05) is 0 Å². The molecule has 0 bridgehead atoms. The summed E-state index contributed by atoms with van der Waals surface area (Å²) in [6.45, 7) is 0. The van der Waals surface area contributed by atoms with Gasteiger partial charge in [-0.2, -0.15) is 0 Å². The Morgan fingerprint density at radius 1 is 0.444 bits per heavy atom. The van der Waals surface area contributed by atoms with Gasteiger partial charge in [0.25, 0.3) is 0 Å². The summed E-state index contributed by atoms with van der Waals surface area (Å²) in [4.78, 5) is 33.0. The van der Waals surface area contributed by atoms with Crippen LogP contribution in [0.2, 0.25) is 0 Å². The quantitative estimate of drug-likeness (QED) is 0.210. The van der Waals surface area contributed by atoms with Gasteiger partial charge in [0, 0.05) is 0 Å². The fraction of sp³-hybridized carbons (Fsp3) is 0. The Hall–Kier alpha value is -1.01. The normalized spacial score (nSPS) is 5.33. The van der Waals surface area contributed by atoms with Crippen LogP contribution in [-0.4, -0.2) is 20.3 Å². The summed E-state index contributed by atoms with van der Waals surface area (Å²) in [5, 5.41) is 59.0. The number of nitrogens with zero attached hydrogens (tertiary/aromatic N) is 4. The van der Waals surface area contributed by atoms with Gasteiger partial charge in [0.1, 0.15) is 0 Å². The third kappa shape index (κ3) is 2910. The van der Waals surface area contributed by atoms with Crippen molar-refractivity contribution < 1.29 is 85.5 Å². The number of hydrogen-bond donors (Lipinski definition) is 0. The molecule has 0 aliphatic rings. The van der Waals surface area contributed by atoms with E-state index in [0.29, 0.717) is 0 Å². The first-order chi connectivity index (χ1) is 6.93. The molecule has 0 rings (SSSR count). The monoisotopic (exact) mass is 410 g/mol. The zero-order valence-corrected chi connectivity index (χ0v) is 13.9. The summed E-state index contributed by atoms with van der Waals surface area (Å²) >= 11 is 0. The Morgan fingerprint density at radius 3 is 0.444 bits per heavy atom. The molecule has 0 aromatic heterocycles. The molecular formula is LaN4NaO12. The Labute approximate surface area is 146 Å². The van der Waals surface area contributed by atoms with Gasteiger partial charge >= 0.3 is 65.2 Å². The van der Waals surface area contributed by atoms with Crippen LogP contribution >= 0.6 is 0 Å². The van der Waals surface area contributed by atoms with Crippen LogP contribution in [0.4, 0.5) is 0 Å². The van der Waals surface area contributed by atoms with Gasteiger partial charge in [-0.15, -0.1) is 0 Å². The molecule has 0 unspecified atom stereocenters. The largest absolute Gasteiger partial charge is 3.00 e. The topological polar surface area (TPSA) is 265 Å². The SMILES string of the molecule is O=[N+]([O-])[O-].O=[N+]([O-])[O-].O=[N+]([O-])[O-].O=[N+]([O-])[O-].[La+3].[Na+]. The molecule has 0 aromatic carbocycles. The fourth-order valence-corrected chi connectivity index (χ4v) is 0. The molecule has 0 aromatic rings. The first-order valence-corrected chi connectivity index (χ1v) is 2.19. The molecule has 18 heavy (non-hydrogen) atoms. The molecule has 0 saturated carbocycles. The molecule has 0 saturated heterocycles. The molecule has 0 fully saturated rings. The van der Waals surface area contributed by atoms with Gasteiger partial charge in [-0.05, 0) is 0 Å². The predicted octanol–water partition coefficient (Wildman–Crippen LogP) is -3.95. The van der Waals surface area contributed by atoms with E-state index in [4.69, 9.17) is 61.3 Å². The van der Waals surface area contributed by atoms with Crippen LogP contribution in [0, 0.1) is 96.9 Å². The van der Waals surface area contributed by atoms with Crippen LogP contribution in [-0.2, 0) is 0 Å². The molecule has 0 heterocycles. The van der Waals surface area contributed by atoms with Crippen LogP contribution in [0.15, 0.2) is 0 Å². The van der Waals surface area contributed by atoms with E-state index in [1.54, 1.807) is 0 Å². The van der Waals surface area contributed by atoms with E-state index in [-0.39, 0.29) is 65.2 Å². The summed E-state index contributed by atoms with van der Waals surface area (Å²) in [7, 11) is 0. The standard InChI is InChI=1S/La.4NO3.Na/c;4*2-1(3)4;/q+3;4*-1;+1. The smallest absolute Gasteiger partial charge is 0.356 e. The maximum atomic E-state index is 8.25. The van der Waals surface area contributed by atoms with Crippen molar-refractivity contribution in [3.8, 4) is 0 Å². The van der Waals surface area contributed by atoms with Crippen molar-refractivity contribution in [3.05, 3.63) is 61.3 Å². The van der Waals surface area contributed by atoms with Crippen LogP contribution < -0.4 is 29.6 Å². The van der Waals surface area contributed by atoms with Gasteiger partial charge in [0.05, 0.1) is 20.3 Å². The van der Waals surface area contributed by atoms with E-state index in [1.165, 1.54) is 0 Å². The zero-order valence-electron chi connectivity index (χ0n) is 8.27. The molecule has 0 amide bonds. The van der Waals surface area contributed by atoms with Gasteiger partial charge in [0.2, 0.25) is 0 Å². The minimum Gasteiger partial charge on any atom is -0.356 e. The average molecular weight is 410 g/mol. The average Bonchev–Trinajstić information content (AvgIpc) is 1.76. The minimum atomic E-state index is -1.75. The Morgan fingerprint density at radius 2 is 0.444 bits per heavy atom. The third-order valence-electron chi connectivity index (χ3n) is 0. The molecule has 0 atom stereocenters. The van der Waals surface area contributed by atoms with Crippen LogP contribution in [0.3, 0.4) is 0 Å². The summed E-state index contributed by atoms with van der Waals surface area (Å²) < 4.78 is 0. The van der Waals surface area contributed by atoms with Gasteiger partial charge in [0.15, 0.2) is 0 Å². The Balaban J connectivity index is -0.0000000257. The molecule has 0 aliphatic carbocycles. The van der Waals surface area contributed by atoms with Crippen molar-refractivity contribution in [2.75, 3.05) is 0 Å². The molecular weight excluding hydrogens is 410 g/mol. The first-order valence-electron chi connectivity index (χ1n) is 2.19. The second-order valence-corrected chi connectivity index (χ2v) is 0.894. The van der Waals surface area contributed by atoms with Crippen LogP contribution in [0.25, 0.3) is 0 Å². The molecule has 0 spiro atoms. The number of rotatable bonds is 0. The first kappa shape index (κ1) is 36.0. The van der Waals surface area contributed by atoms with E-state index in [0.717, 1.165) is 0 Å².